The lowest BCUT2D eigenvalue weighted by atomic mass is 9.86. The molecule has 1 aliphatic heterocycles. The summed E-state index contributed by atoms with van der Waals surface area (Å²) in [6, 6.07) is 0. The first-order valence-electron chi connectivity index (χ1n) is 5.90. The van der Waals surface area contributed by atoms with E-state index in [2.05, 4.69) is 40.7 Å². The average molecular weight is 240 g/mol. The van der Waals surface area contributed by atoms with Gasteiger partial charge in [0.2, 0.25) is 0 Å². The Bertz CT molecular complexity index is 269. The fourth-order valence-corrected chi connectivity index (χ4v) is 2.20. The highest BCUT2D eigenvalue weighted by Crippen LogP contribution is 2.27. The highest BCUT2D eigenvalue weighted by Gasteiger charge is 2.21. The topological polar surface area (TPSA) is 9.23 Å². The quantitative estimate of drug-likeness (QED) is 0.600. The number of hydrogen-bond donors (Lipinski definition) is 0. The predicted octanol–water partition coefficient (Wildman–Crippen LogP) is 5.23. The molecule has 0 aromatic rings. The highest BCUT2D eigenvalue weighted by atomic mass is 16.5. The zero-order valence-electron chi connectivity index (χ0n) is 10.8. The molecule has 1 rings (SSSR count). The van der Waals surface area contributed by atoms with Crippen LogP contribution in [0.3, 0.4) is 0 Å². The van der Waals surface area contributed by atoms with Gasteiger partial charge >= 0.3 is 0 Å². The molecule has 2 unspecified atom stereocenters. The zero-order chi connectivity index (χ0) is 11.4. The summed E-state index contributed by atoms with van der Waals surface area (Å²) >= 11 is 0. The monoisotopic (exact) mass is 240 g/mol. The molecule has 102 valence electrons. The van der Waals surface area contributed by atoms with Crippen molar-refractivity contribution in [1.29, 1.82) is 0 Å². The minimum atomic E-state index is 0. The van der Waals surface area contributed by atoms with Crippen LogP contribution in [0.2, 0.25) is 0 Å². The van der Waals surface area contributed by atoms with E-state index in [9.17, 15) is 0 Å². The molecular formula is C16H32O. The molecule has 0 amide bonds. The Labute approximate surface area is 109 Å². The normalized spacial score (nSPS) is 25.0. The first-order valence-corrected chi connectivity index (χ1v) is 5.90. The zero-order valence-corrected chi connectivity index (χ0v) is 10.8. The van der Waals surface area contributed by atoms with E-state index in [4.69, 9.17) is 4.74 Å². The molecule has 1 aliphatic rings. The summed E-state index contributed by atoms with van der Waals surface area (Å²) in [4.78, 5) is 0. The Hall–Kier alpha value is -0.560. The Balaban J connectivity index is 0. The van der Waals surface area contributed by atoms with Crippen molar-refractivity contribution in [2.24, 2.45) is 11.8 Å². The first-order chi connectivity index (χ1) is 7.00. The summed E-state index contributed by atoms with van der Waals surface area (Å²) in [5.74, 6) is 1.34. The summed E-state index contributed by atoms with van der Waals surface area (Å²) in [5, 5.41) is 0. The molecule has 1 heterocycles. The van der Waals surface area contributed by atoms with Gasteiger partial charge in [-0.3, -0.25) is 0 Å². The van der Waals surface area contributed by atoms with E-state index < -0.39 is 0 Å². The lowest BCUT2D eigenvalue weighted by Gasteiger charge is -2.28. The number of allylic oxidation sites excluding steroid dienone is 3. The molecule has 0 saturated carbocycles. The Morgan fingerprint density at radius 3 is 2.12 bits per heavy atom. The maximum absolute atomic E-state index is 5.62. The SMILES string of the molecule is C.C.CC(C)=C/C(C)=C(\C)C1COCC(C)C1. The van der Waals surface area contributed by atoms with Crippen LogP contribution in [0.4, 0.5) is 0 Å². The highest BCUT2D eigenvalue weighted by molar-refractivity contribution is 5.26. The fourth-order valence-electron chi connectivity index (χ4n) is 2.20. The van der Waals surface area contributed by atoms with Crippen LogP contribution in [-0.4, -0.2) is 13.2 Å². The second-order valence-electron chi connectivity index (χ2n) is 5.16. The van der Waals surface area contributed by atoms with Gasteiger partial charge in [-0.1, -0.05) is 44.6 Å². The Morgan fingerprint density at radius 1 is 1.06 bits per heavy atom. The number of rotatable bonds is 2. The molecule has 1 heteroatoms. The third kappa shape index (κ3) is 6.07. The molecule has 0 aliphatic carbocycles. The maximum atomic E-state index is 5.62. The fraction of sp³-hybridized carbons (Fsp3) is 0.750. The van der Waals surface area contributed by atoms with Gasteiger partial charge in [-0.2, -0.15) is 0 Å². The van der Waals surface area contributed by atoms with Crippen LogP contribution in [0, 0.1) is 11.8 Å². The maximum Gasteiger partial charge on any atom is 0.0531 e. The molecule has 0 N–H and O–H groups in total. The largest absolute Gasteiger partial charge is 0.381 e. The van der Waals surface area contributed by atoms with Gasteiger partial charge in [0.25, 0.3) is 0 Å². The van der Waals surface area contributed by atoms with Gasteiger partial charge < -0.3 is 4.74 Å². The van der Waals surface area contributed by atoms with Crippen molar-refractivity contribution in [3.8, 4) is 0 Å². The molecule has 1 fully saturated rings. The van der Waals surface area contributed by atoms with E-state index >= 15 is 0 Å². The predicted molar refractivity (Wildman–Crippen MR) is 79.4 cm³/mol. The van der Waals surface area contributed by atoms with Crippen LogP contribution in [-0.2, 0) is 4.74 Å². The van der Waals surface area contributed by atoms with Crippen molar-refractivity contribution < 1.29 is 4.74 Å². The van der Waals surface area contributed by atoms with Crippen LogP contribution >= 0.6 is 0 Å². The second kappa shape index (κ2) is 8.52. The molecule has 0 aromatic carbocycles. The van der Waals surface area contributed by atoms with E-state index in [0.29, 0.717) is 11.8 Å². The van der Waals surface area contributed by atoms with Crippen LogP contribution < -0.4 is 0 Å². The molecule has 17 heavy (non-hydrogen) atoms. The standard InChI is InChI=1S/C14H24O.2CH4/c1-10(2)6-12(4)13(5)14-7-11(3)8-15-9-14;;/h6,11,14H,7-9H2,1-5H3;2*1H4/b13-12+;;. The summed E-state index contributed by atoms with van der Waals surface area (Å²) in [7, 11) is 0. The smallest absolute Gasteiger partial charge is 0.0531 e. The number of hydrogen-bond acceptors (Lipinski definition) is 1. The molecule has 0 radical (unpaired) electrons. The molecule has 1 nitrogen and oxygen atoms in total. The van der Waals surface area contributed by atoms with Crippen LogP contribution in [0.15, 0.2) is 22.8 Å². The summed E-state index contributed by atoms with van der Waals surface area (Å²) < 4.78 is 5.62. The third-order valence-electron chi connectivity index (χ3n) is 3.15. The Morgan fingerprint density at radius 2 is 1.65 bits per heavy atom. The summed E-state index contributed by atoms with van der Waals surface area (Å²) in [5.41, 5.74) is 4.29. The van der Waals surface area contributed by atoms with Gasteiger partial charge in [0.1, 0.15) is 0 Å². The van der Waals surface area contributed by atoms with E-state index in [-0.39, 0.29) is 14.9 Å². The van der Waals surface area contributed by atoms with Crippen molar-refractivity contribution >= 4 is 0 Å². The molecule has 0 bridgehead atoms. The third-order valence-corrected chi connectivity index (χ3v) is 3.15. The minimum absolute atomic E-state index is 0. The lowest BCUT2D eigenvalue weighted by Crippen LogP contribution is -2.24. The van der Waals surface area contributed by atoms with Gasteiger partial charge in [-0.25, -0.2) is 0 Å². The van der Waals surface area contributed by atoms with Crippen molar-refractivity contribution in [2.75, 3.05) is 13.2 Å². The lowest BCUT2D eigenvalue weighted by molar-refractivity contribution is 0.0327. The van der Waals surface area contributed by atoms with E-state index in [1.807, 2.05) is 0 Å². The minimum Gasteiger partial charge on any atom is -0.381 e. The van der Waals surface area contributed by atoms with Crippen molar-refractivity contribution in [2.45, 2.75) is 55.9 Å². The Kier molecular flexibility index (Phi) is 9.42. The van der Waals surface area contributed by atoms with Crippen LogP contribution in [0.1, 0.15) is 55.9 Å². The van der Waals surface area contributed by atoms with Gasteiger partial charge in [-0.05, 0) is 40.0 Å². The van der Waals surface area contributed by atoms with Gasteiger partial charge in [0, 0.05) is 12.5 Å². The van der Waals surface area contributed by atoms with Crippen LogP contribution in [0.5, 0.6) is 0 Å². The van der Waals surface area contributed by atoms with Crippen molar-refractivity contribution in [3.05, 3.63) is 22.8 Å². The van der Waals surface area contributed by atoms with E-state index in [0.717, 1.165) is 13.2 Å². The van der Waals surface area contributed by atoms with E-state index in [1.165, 1.54) is 23.1 Å². The van der Waals surface area contributed by atoms with E-state index in [1.54, 1.807) is 0 Å². The first kappa shape index (κ1) is 18.8. The molecule has 0 aromatic heterocycles. The van der Waals surface area contributed by atoms with Gasteiger partial charge in [0.15, 0.2) is 0 Å². The summed E-state index contributed by atoms with van der Waals surface area (Å²) in [6.45, 7) is 12.9. The van der Waals surface area contributed by atoms with Gasteiger partial charge in [0.05, 0.1) is 6.61 Å². The summed E-state index contributed by atoms with van der Waals surface area (Å²) in [6.07, 6.45) is 3.55. The molecule has 1 saturated heterocycles. The average Bonchev–Trinajstić information content (AvgIpc) is 2.15. The van der Waals surface area contributed by atoms with Gasteiger partial charge in [-0.15, -0.1) is 0 Å². The number of ether oxygens (including phenoxy) is 1. The molecule has 2 atom stereocenters. The van der Waals surface area contributed by atoms with Crippen molar-refractivity contribution in [3.63, 3.8) is 0 Å². The molecule has 0 spiro atoms. The van der Waals surface area contributed by atoms with Crippen molar-refractivity contribution in [1.82, 2.24) is 0 Å². The molecular weight excluding hydrogens is 208 g/mol. The second-order valence-corrected chi connectivity index (χ2v) is 5.16. The van der Waals surface area contributed by atoms with Crippen LogP contribution in [0.25, 0.3) is 0 Å².